The molecule has 0 aromatic rings. The summed E-state index contributed by atoms with van der Waals surface area (Å²) in [5.41, 5.74) is 0. The van der Waals surface area contributed by atoms with Crippen LogP contribution in [0.1, 0.15) is 41.5 Å². The Balaban J connectivity index is 3.84. The van der Waals surface area contributed by atoms with E-state index in [1.807, 2.05) is 0 Å². The molecule has 0 saturated carbocycles. The topological polar surface area (TPSA) is 0 Å². The second-order valence-corrected chi connectivity index (χ2v) is 6.36. The molecule has 0 fully saturated rings. The van der Waals surface area contributed by atoms with Crippen LogP contribution in [-0.2, 0) is 0 Å². The molecule has 0 amide bonds. The molecule has 15 heavy (non-hydrogen) atoms. The Labute approximate surface area is 101 Å². The van der Waals surface area contributed by atoms with Gasteiger partial charge in [-0.1, -0.05) is 52.2 Å². The molecule has 0 spiro atoms. The molecule has 0 unspecified atom stereocenters. The highest BCUT2D eigenvalue weighted by atomic mass is 13.9. The van der Waals surface area contributed by atoms with E-state index in [-0.39, 0.29) is 10.6 Å². The van der Waals surface area contributed by atoms with E-state index in [0.717, 1.165) is 0 Å². The summed E-state index contributed by atoms with van der Waals surface area (Å²) < 4.78 is 0. The molecule has 0 N–H and O–H groups in total. The van der Waals surface area contributed by atoms with Crippen LogP contribution in [0.4, 0.5) is 0 Å². The van der Waals surface area contributed by atoms with Crippen LogP contribution >= 0.6 is 0 Å². The normalized spacial score (nSPS) is 11.7. The van der Waals surface area contributed by atoms with E-state index in [1.54, 1.807) is 0 Å². The van der Waals surface area contributed by atoms with Crippen LogP contribution in [0.15, 0.2) is 0 Å². The summed E-state index contributed by atoms with van der Waals surface area (Å²) in [6.07, 6.45) is 0.462. The SMILES string of the molecule is C[B]B([B][B]C(C)(C)C)[B][B]C(C)(C)C. The van der Waals surface area contributed by atoms with E-state index in [4.69, 9.17) is 0 Å². The van der Waals surface area contributed by atoms with Gasteiger partial charge in [0.1, 0.15) is 0 Å². The molecular formula is C9H21B6. The first-order valence-electron chi connectivity index (χ1n) is 5.82. The van der Waals surface area contributed by atoms with E-state index in [0.29, 0.717) is 6.39 Å². The Hall–Kier alpha value is 0.390. The second-order valence-electron chi connectivity index (χ2n) is 6.36. The van der Waals surface area contributed by atoms with Gasteiger partial charge < -0.3 is 0 Å². The third-order valence-electron chi connectivity index (χ3n) is 2.02. The first-order valence-corrected chi connectivity index (χ1v) is 5.82. The maximum absolute atomic E-state index is 2.28. The minimum absolute atomic E-state index is 0.275. The number of hydrogen-bond acceptors (Lipinski definition) is 0. The standard InChI is InChI=1S/C9H21B6/c1-8(2,3)11-13-15(10-7)14-12-9(4,5)6/h1-7H3. The smallest absolute Gasteiger partial charge is 0.0619 e. The van der Waals surface area contributed by atoms with Crippen LogP contribution in [0, 0.1) is 0 Å². The summed E-state index contributed by atoms with van der Waals surface area (Å²) in [4.78, 5) is 0. The Bertz CT molecular complexity index is 150. The maximum Gasteiger partial charge on any atom is 0.0619 e. The van der Waals surface area contributed by atoms with Crippen molar-refractivity contribution in [3.63, 3.8) is 0 Å². The van der Waals surface area contributed by atoms with E-state index < -0.39 is 0 Å². The molecule has 0 aliphatic heterocycles. The van der Waals surface area contributed by atoms with Crippen molar-refractivity contribution < 1.29 is 0 Å². The van der Waals surface area contributed by atoms with Crippen molar-refractivity contribution in [1.29, 1.82) is 0 Å². The van der Waals surface area contributed by atoms with Gasteiger partial charge in [-0.3, -0.25) is 0 Å². The molecule has 0 saturated heterocycles. The number of hydrogen-bond donors (Lipinski definition) is 0. The van der Waals surface area contributed by atoms with Gasteiger partial charge in [0.15, 0.2) is 0 Å². The highest BCUT2D eigenvalue weighted by Crippen LogP contribution is 2.20. The van der Waals surface area contributed by atoms with Crippen molar-refractivity contribution in [3.8, 4) is 0 Å². The molecule has 0 aromatic heterocycles. The van der Waals surface area contributed by atoms with Crippen LogP contribution in [-0.4, -0.2) is 42.0 Å². The molecule has 0 atom stereocenters. The predicted molar refractivity (Wildman–Crippen MR) is 79.8 cm³/mol. The average molecular weight is 194 g/mol. The van der Waals surface area contributed by atoms with Gasteiger partial charge in [0.2, 0.25) is 0 Å². The molecule has 6 heteroatoms. The molecule has 0 aliphatic carbocycles. The van der Waals surface area contributed by atoms with E-state index in [1.165, 1.54) is 0 Å². The minimum atomic E-state index is 0.275. The fourth-order valence-corrected chi connectivity index (χ4v) is 1.09. The van der Waals surface area contributed by atoms with Gasteiger partial charge in [-0.05, 0) is 0 Å². The number of rotatable bonds is 5. The van der Waals surface area contributed by atoms with Crippen LogP contribution in [0.3, 0.4) is 0 Å². The second kappa shape index (κ2) is 6.21. The quantitative estimate of drug-likeness (QED) is 0.585. The third-order valence-corrected chi connectivity index (χ3v) is 2.02. The first-order chi connectivity index (χ1) is 6.64. The lowest BCUT2D eigenvalue weighted by atomic mass is 8.79. The van der Waals surface area contributed by atoms with Crippen LogP contribution in [0.2, 0.25) is 17.5 Å². The summed E-state index contributed by atoms with van der Waals surface area (Å²) in [6, 6.07) is 0. The van der Waals surface area contributed by atoms with Crippen molar-refractivity contribution in [2.24, 2.45) is 0 Å². The van der Waals surface area contributed by atoms with Gasteiger partial charge in [0, 0.05) is 20.5 Å². The lowest BCUT2D eigenvalue weighted by molar-refractivity contribution is 0.762. The van der Waals surface area contributed by atoms with Gasteiger partial charge in [-0.25, -0.2) is 0 Å². The largest absolute Gasteiger partial charge is 0.101 e. The van der Waals surface area contributed by atoms with Crippen molar-refractivity contribution in [3.05, 3.63) is 0 Å². The maximum atomic E-state index is 2.28. The monoisotopic (exact) mass is 195 g/mol. The van der Waals surface area contributed by atoms with Gasteiger partial charge in [0.25, 0.3) is 0 Å². The molecule has 0 rings (SSSR count). The fourth-order valence-electron chi connectivity index (χ4n) is 1.09. The van der Waals surface area contributed by atoms with Crippen molar-refractivity contribution in [2.75, 3.05) is 0 Å². The molecule has 5 radical (unpaired) electrons. The zero-order chi connectivity index (χ0) is 12.1. The fraction of sp³-hybridized carbons (Fsp3) is 1.00. The summed E-state index contributed by atoms with van der Waals surface area (Å²) in [5, 5.41) is 0.549. The molecule has 0 bridgehead atoms. The Morgan fingerprint density at radius 1 is 0.733 bits per heavy atom. The zero-order valence-corrected chi connectivity index (χ0v) is 11.5. The van der Waals surface area contributed by atoms with Crippen LogP contribution in [0.25, 0.3) is 0 Å². The van der Waals surface area contributed by atoms with E-state index in [2.05, 4.69) is 84.0 Å². The van der Waals surface area contributed by atoms with E-state index >= 15 is 0 Å². The summed E-state index contributed by atoms with van der Waals surface area (Å²) in [5.74, 6) is 0. The lowest BCUT2D eigenvalue weighted by Gasteiger charge is -2.22. The van der Waals surface area contributed by atoms with Crippen LogP contribution in [0.5, 0.6) is 0 Å². The summed E-state index contributed by atoms with van der Waals surface area (Å²) in [7, 11) is 11.4. The molecule has 0 nitrogen and oxygen atoms in total. The summed E-state index contributed by atoms with van der Waals surface area (Å²) >= 11 is 0. The first kappa shape index (κ1) is 15.4. The zero-order valence-electron chi connectivity index (χ0n) is 11.5. The highest BCUT2D eigenvalue weighted by Gasteiger charge is 2.20. The van der Waals surface area contributed by atoms with Gasteiger partial charge in [-0.15, -0.1) is 6.82 Å². The van der Waals surface area contributed by atoms with E-state index in [9.17, 15) is 0 Å². The van der Waals surface area contributed by atoms with Crippen molar-refractivity contribution in [2.45, 2.75) is 59.0 Å². The Kier molecular flexibility index (Phi) is 6.37. The lowest BCUT2D eigenvalue weighted by Crippen LogP contribution is -2.45. The van der Waals surface area contributed by atoms with Gasteiger partial charge in [0.05, 0.1) is 21.5 Å². The predicted octanol–water partition coefficient (Wildman–Crippen LogP) is 1.81. The van der Waals surface area contributed by atoms with Gasteiger partial charge >= 0.3 is 0 Å². The molecule has 0 aliphatic rings. The van der Waals surface area contributed by atoms with Crippen molar-refractivity contribution in [1.82, 2.24) is 0 Å². The average Bonchev–Trinajstić information content (AvgIpc) is 2.00. The van der Waals surface area contributed by atoms with Gasteiger partial charge in [-0.2, -0.15) is 0 Å². The Morgan fingerprint density at radius 3 is 1.27 bits per heavy atom. The van der Waals surface area contributed by atoms with Crippen molar-refractivity contribution >= 4 is 42.0 Å². The molecule has 0 aromatic carbocycles. The Morgan fingerprint density at radius 2 is 1.07 bits per heavy atom. The molecule has 75 valence electrons. The highest BCUT2D eigenvalue weighted by molar-refractivity contribution is 7.74. The molecular weight excluding hydrogens is 173 g/mol. The van der Waals surface area contributed by atoms with Crippen LogP contribution < -0.4 is 0 Å². The molecule has 0 heterocycles. The third kappa shape index (κ3) is 10.7. The summed E-state index contributed by atoms with van der Waals surface area (Å²) in [6.45, 7) is 15.5. The minimum Gasteiger partial charge on any atom is -0.101 e.